The molecular formula is C14H18N2O5. The number of benzene rings is 1. The van der Waals surface area contributed by atoms with E-state index < -0.39 is 11.1 Å². The molecule has 0 atom stereocenters. The Balaban J connectivity index is 2.44. The molecule has 0 bridgehead atoms. The number of hydrogen-bond acceptors (Lipinski definition) is 5. The second-order valence-electron chi connectivity index (χ2n) is 5.32. The lowest BCUT2D eigenvalue weighted by Crippen LogP contribution is -2.29. The number of nitro groups is 1. The van der Waals surface area contributed by atoms with E-state index in [0.717, 1.165) is 25.9 Å². The maximum absolute atomic E-state index is 11.3. The Bertz CT molecular complexity index is 565. The number of carbonyl (C=O) groups is 1. The molecular weight excluding hydrogens is 276 g/mol. The third-order valence-electron chi connectivity index (χ3n) is 3.96. The summed E-state index contributed by atoms with van der Waals surface area (Å²) in [6.07, 6.45) is 0.213. The highest BCUT2D eigenvalue weighted by Gasteiger charge is 2.29. The molecule has 1 saturated heterocycles. The molecule has 1 aliphatic rings. The zero-order valence-electron chi connectivity index (χ0n) is 12.0. The molecule has 0 saturated carbocycles. The fourth-order valence-electron chi connectivity index (χ4n) is 2.87. The second-order valence-corrected chi connectivity index (χ2v) is 5.32. The van der Waals surface area contributed by atoms with Gasteiger partial charge in [-0.15, -0.1) is 0 Å². The molecule has 1 aromatic carbocycles. The largest absolute Gasteiger partial charge is 0.511 e. The lowest BCUT2D eigenvalue weighted by atomic mass is 9.85. The minimum Gasteiger partial charge on any atom is -0.449 e. The highest BCUT2D eigenvalue weighted by molar-refractivity contribution is 5.64. The average molecular weight is 294 g/mol. The van der Waals surface area contributed by atoms with Crippen LogP contribution in [-0.4, -0.2) is 41.2 Å². The summed E-state index contributed by atoms with van der Waals surface area (Å²) in [5, 5.41) is 20.0. The fraction of sp³-hybridized carbons (Fsp3) is 0.500. The minimum absolute atomic E-state index is 0.0415. The molecule has 0 unspecified atom stereocenters. The van der Waals surface area contributed by atoms with Crippen molar-refractivity contribution in [2.45, 2.75) is 25.7 Å². The molecule has 1 aliphatic heterocycles. The minimum atomic E-state index is -1.42. The summed E-state index contributed by atoms with van der Waals surface area (Å²) in [5.74, 6) is 0.223. The van der Waals surface area contributed by atoms with Gasteiger partial charge >= 0.3 is 6.16 Å². The highest BCUT2D eigenvalue weighted by Crippen LogP contribution is 2.39. The quantitative estimate of drug-likeness (QED) is 0.399. The molecule has 1 heterocycles. The van der Waals surface area contributed by atoms with Crippen LogP contribution in [0.3, 0.4) is 0 Å². The van der Waals surface area contributed by atoms with Crippen molar-refractivity contribution in [1.29, 1.82) is 0 Å². The van der Waals surface area contributed by atoms with Gasteiger partial charge in [0.05, 0.1) is 4.92 Å². The lowest BCUT2D eigenvalue weighted by Gasteiger charge is -2.30. The van der Waals surface area contributed by atoms with Crippen molar-refractivity contribution in [3.05, 3.63) is 33.4 Å². The summed E-state index contributed by atoms with van der Waals surface area (Å²) in [6.45, 7) is 3.41. The number of nitro benzene ring substituents is 1. The predicted molar refractivity (Wildman–Crippen MR) is 76.0 cm³/mol. The van der Waals surface area contributed by atoms with Crippen molar-refractivity contribution in [2.24, 2.45) is 0 Å². The summed E-state index contributed by atoms with van der Waals surface area (Å²) < 4.78 is 4.72. The van der Waals surface area contributed by atoms with Crippen molar-refractivity contribution in [1.82, 2.24) is 4.90 Å². The van der Waals surface area contributed by atoms with Crippen LogP contribution in [-0.2, 0) is 0 Å². The van der Waals surface area contributed by atoms with Crippen LogP contribution >= 0.6 is 0 Å². The summed E-state index contributed by atoms with van der Waals surface area (Å²) >= 11 is 0. The average Bonchev–Trinajstić information content (AvgIpc) is 2.41. The lowest BCUT2D eigenvalue weighted by molar-refractivity contribution is -0.385. The van der Waals surface area contributed by atoms with E-state index in [9.17, 15) is 14.9 Å². The molecule has 7 heteroatoms. The number of ether oxygens (including phenoxy) is 1. The van der Waals surface area contributed by atoms with E-state index in [4.69, 9.17) is 9.84 Å². The van der Waals surface area contributed by atoms with Crippen LogP contribution < -0.4 is 4.74 Å². The fourth-order valence-corrected chi connectivity index (χ4v) is 2.87. The molecule has 0 aromatic heterocycles. The van der Waals surface area contributed by atoms with Crippen LogP contribution in [0.5, 0.6) is 5.75 Å². The Morgan fingerprint density at radius 3 is 2.57 bits per heavy atom. The van der Waals surface area contributed by atoms with E-state index in [2.05, 4.69) is 4.90 Å². The van der Waals surface area contributed by atoms with Gasteiger partial charge < -0.3 is 14.7 Å². The van der Waals surface area contributed by atoms with E-state index >= 15 is 0 Å². The maximum Gasteiger partial charge on any atom is 0.511 e. The highest BCUT2D eigenvalue weighted by atomic mass is 16.7. The van der Waals surface area contributed by atoms with Gasteiger partial charge in [0.2, 0.25) is 0 Å². The molecule has 0 spiro atoms. The Morgan fingerprint density at radius 2 is 2.05 bits per heavy atom. The molecule has 1 aromatic rings. The maximum atomic E-state index is 11.3. The predicted octanol–water partition coefficient (Wildman–Crippen LogP) is 2.77. The van der Waals surface area contributed by atoms with E-state index in [0.29, 0.717) is 11.1 Å². The zero-order chi connectivity index (χ0) is 15.6. The number of piperidine rings is 1. The Hall–Kier alpha value is -2.15. The summed E-state index contributed by atoms with van der Waals surface area (Å²) in [7, 11) is 2.02. The second kappa shape index (κ2) is 6.09. The SMILES string of the molecule is Cc1c(OC(=O)O)ccc([N+](=O)[O-])c1C1CCN(C)CC1. The summed E-state index contributed by atoms with van der Waals surface area (Å²) in [5.41, 5.74) is 1.19. The molecule has 1 N–H and O–H groups in total. The molecule has 7 nitrogen and oxygen atoms in total. The van der Waals surface area contributed by atoms with Gasteiger partial charge in [0.15, 0.2) is 0 Å². The summed E-state index contributed by atoms with van der Waals surface area (Å²) in [4.78, 5) is 23.7. The van der Waals surface area contributed by atoms with Crippen molar-refractivity contribution in [3.63, 3.8) is 0 Å². The van der Waals surface area contributed by atoms with Crippen LogP contribution in [0.2, 0.25) is 0 Å². The van der Waals surface area contributed by atoms with Crippen molar-refractivity contribution < 1.29 is 19.6 Å². The van der Waals surface area contributed by atoms with Gasteiger partial charge in [0, 0.05) is 17.2 Å². The van der Waals surface area contributed by atoms with Crippen LogP contribution in [0.15, 0.2) is 12.1 Å². The first-order valence-electron chi connectivity index (χ1n) is 6.77. The van der Waals surface area contributed by atoms with Gasteiger partial charge in [-0.05, 0) is 51.9 Å². The van der Waals surface area contributed by atoms with Gasteiger partial charge in [-0.3, -0.25) is 10.1 Å². The first kappa shape index (κ1) is 15.2. The van der Waals surface area contributed by atoms with Crippen LogP contribution in [0.1, 0.15) is 29.9 Å². The number of carboxylic acid groups (broad SMARTS) is 1. The number of hydrogen-bond donors (Lipinski definition) is 1. The topological polar surface area (TPSA) is 92.9 Å². The third-order valence-corrected chi connectivity index (χ3v) is 3.96. The smallest absolute Gasteiger partial charge is 0.449 e. The van der Waals surface area contributed by atoms with Crippen molar-refractivity contribution >= 4 is 11.8 Å². The Kier molecular flexibility index (Phi) is 4.42. The molecule has 0 amide bonds. The van der Waals surface area contributed by atoms with Crippen molar-refractivity contribution in [3.8, 4) is 5.75 Å². The third kappa shape index (κ3) is 3.30. The van der Waals surface area contributed by atoms with E-state index in [1.807, 2.05) is 7.05 Å². The van der Waals surface area contributed by atoms with E-state index in [-0.39, 0.29) is 17.4 Å². The van der Waals surface area contributed by atoms with Crippen LogP contribution in [0, 0.1) is 17.0 Å². The Labute approximate surface area is 122 Å². The molecule has 2 rings (SSSR count). The van der Waals surface area contributed by atoms with E-state index in [1.165, 1.54) is 12.1 Å². The Morgan fingerprint density at radius 1 is 1.43 bits per heavy atom. The number of rotatable bonds is 3. The number of nitrogens with zero attached hydrogens (tertiary/aromatic N) is 2. The molecule has 0 aliphatic carbocycles. The van der Waals surface area contributed by atoms with Gasteiger partial charge in [-0.2, -0.15) is 0 Å². The monoisotopic (exact) mass is 294 g/mol. The summed E-state index contributed by atoms with van der Waals surface area (Å²) in [6, 6.07) is 2.68. The normalized spacial score (nSPS) is 16.7. The van der Waals surface area contributed by atoms with Crippen LogP contribution in [0.4, 0.5) is 10.5 Å². The molecule has 1 fully saturated rings. The first-order valence-corrected chi connectivity index (χ1v) is 6.77. The molecule has 21 heavy (non-hydrogen) atoms. The van der Waals surface area contributed by atoms with Gasteiger partial charge in [-0.1, -0.05) is 0 Å². The van der Waals surface area contributed by atoms with Gasteiger partial charge in [0.25, 0.3) is 5.69 Å². The van der Waals surface area contributed by atoms with Gasteiger partial charge in [-0.25, -0.2) is 4.79 Å². The van der Waals surface area contributed by atoms with Crippen molar-refractivity contribution in [2.75, 3.05) is 20.1 Å². The standard InChI is InChI=1S/C14H18N2O5/c1-9-12(21-14(17)18)4-3-11(16(19)20)13(9)10-5-7-15(2)8-6-10/h3-4,10H,5-8H2,1-2H3,(H,17,18). The zero-order valence-corrected chi connectivity index (χ0v) is 12.0. The van der Waals surface area contributed by atoms with E-state index in [1.54, 1.807) is 6.92 Å². The first-order chi connectivity index (χ1) is 9.90. The molecule has 0 radical (unpaired) electrons. The van der Waals surface area contributed by atoms with Gasteiger partial charge in [0.1, 0.15) is 5.75 Å². The number of likely N-dealkylation sites (tertiary alicyclic amines) is 1. The molecule has 114 valence electrons. The van der Waals surface area contributed by atoms with Crippen LogP contribution in [0.25, 0.3) is 0 Å².